The van der Waals surface area contributed by atoms with Gasteiger partial charge in [-0.25, -0.2) is 4.98 Å². The highest BCUT2D eigenvalue weighted by Crippen LogP contribution is 2.21. The van der Waals surface area contributed by atoms with Crippen LogP contribution in [-0.4, -0.2) is 24.2 Å². The average Bonchev–Trinajstić information content (AvgIpc) is 2.33. The van der Waals surface area contributed by atoms with E-state index in [-0.39, 0.29) is 0 Å². The Morgan fingerprint density at radius 2 is 2.27 bits per heavy atom. The summed E-state index contributed by atoms with van der Waals surface area (Å²) in [6.45, 7) is 1.72. The number of hydrogen-bond acceptors (Lipinski definition) is 4. The molecule has 3 nitrogen and oxygen atoms in total. The van der Waals surface area contributed by atoms with Gasteiger partial charge in [-0.05, 0) is 6.92 Å². The second-order valence-corrected chi connectivity index (χ2v) is 3.46. The van der Waals surface area contributed by atoms with Crippen LogP contribution < -0.4 is 4.90 Å². The molecule has 1 heterocycles. The number of aliphatic hydroxyl groups excluding tert-OH is 1. The lowest BCUT2D eigenvalue weighted by Gasteiger charge is -2.05. The predicted octanol–water partition coefficient (Wildman–Crippen LogP) is 1.26. The third-order valence-corrected chi connectivity index (χ3v) is 2.35. The molecule has 11 heavy (non-hydrogen) atoms. The molecule has 0 radical (unpaired) electrons. The Morgan fingerprint density at radius 3 is 2.55 bits per heavy atom. The highest BCUT2D eigenvalue weighted by molar-refractivity contribution is 7.13. The van der Waals surface area contributed by atoms with Crippen molar-refractivity contribution in [2.24, 2.45) is 0 Å². The summed E-state index contributed by atoms with van der Waals surface area (Å²) < 4.78 is 0. The minimum atomic E-state index is -0.458. The van der Waals surface area contributed by atoms with Crippen LogP contribution in [0.25, 0.3) is 0 Å². The van der Waals surface area contributed by atoms with Crippen molar-refractivity contribution in [2.45, 2.75) is 13.0 Å². The van der Waals surface area contributed by atoms with Crippen LogP contribution in [0.2, 0.25) is 0 Å². The lowest BCUT2D eigenvalue weighted by molar-refractivity contribution is 0.195. The van der Waals surface area contributed by atoms with Crippen LogP contribution >= 0.6 is 11.3 Å². The Labute approximate surface area is 70.3 Å². The summed E-state index contributed by atoms with van der Waals surface area (Å²) in [6.07, 6.45) is -0.458. The highest BCUT2D eigenvalue weighted by Gasteiger charge is 2.06. The molecule has 62 valence electrons. The molecule has 0 saturated heterocycles. The van der Waals surface area contributed by atoms with Gasteiger partial charge in [-0.1, -0.05) is 0 Å². The van der Waals surface area contributed by atoms with Gasteiger partial charge >= 0.3 is 0 Å². The zero-order valence-electron chi connectivity index (χ0n) is 6.90. The minimum Gasteiger partial charge on any atom is -0.387 e. The first-order chi connectivity index (χ1) is 5.11. The molecule has 0 aliphatic heterocycles. The van der Waals surface area contributed by atoms with Crippen molar-refractivity contribution in [2.75, 3.05) is 19.0 Å². The molecule has 1 rings (SSSR count). The SMILES string of the molecule is CC(O)c1csc(N(C)C)n1. The Kier molecular flexibility index (Phi) is 2.46. The molecule has 0 spiro atoms. The summed E-state index contributed by atoms with van der Waals surface area (Å²) >= 11 is 1.54. The molecule has 1 unspecified atom stereocenters. The van der Waals surface area contributed by atoms with Gasteiger partial charge in [0.1, 0.15) is 0 Å². The van der Waals surface area contributed by atoms with Gasteiger partial charge in [0.15, 0.2) is 5.13 Å². The summed E-state index contributed by atoms with van der Waals surface area (Å²) in [4.78, 5) is 6.13. The van der Waals surface area contributed by atoms with Crippen LogP contribution in [-0.2, 0) is 0 Å². The maximum absolute atomic E-state index is 9.14. The fourth-order valence-corrected chi connectivity index (χ4v) is 1.52. The van der Waals surface area contributed by atoms with E-state index in [1.807, 2.05) is 24.4 Å². The van der Waals surface area contributed by atoms with E-state index in [1.165, 1.54) is 0 Å². The fourth-order valence-electron chi connectivity index (χ4n) is 0.674. The first-order valence-corrected chi connectivity index (χ1v) is 4.30. The number of nitrogens with zero attached hydrogens (tertiary/aromatic N) is 2. The first-order valence-electron chi connectivity index (χ1n) is 3.42. The third kappa shape index (κ3) is 1.91. The summed E-state index contributed by atoms with van der Waals surface area (Å²) in [5.41, 5.74) is 0.749. The third-order valence-electron chi connectivity index (χ3n) is 1.32. The van der Waals surface area contributed by atoms with Crippen molar-refractivity contribution in [1.82, 2.24) is 4.98 Å². The zero-order chi connectivity index (χ0) is 8.43. The van der Waals surface area contributed by atoms with E-state index in [0.717, 1.165) is 10.8 Å². The summed E-state index contributed by atoms with van der Waals surface area (Å²) in [7, 11) is 3.87. The summed E-state index contributed by atoms with van der Waals surface area (Å²) in [5.74, 6) is 0. The van der Waals surface area contributed by atoms with E-state index < -0.39 is 6.10 Å². The molecule has 4 heteroatoms. The molecule has 0 saturated carbocycles. The minimum absolute atomic E-state index is 0.458. The lowest BCUT2D eigenvalue weighted by atomic mass is 10.3. The Hall–Kier alpha value is -0.610. The smallest absolute Gasteiger partial charge is 0.185 e. The van der Waals surface area contributed by atoms with Crippen molar-refractivity contribution in [1.29, 1.82) is 0 Å². The number of anilines is 1. The van der Waals surface area contributed by atoms with Gasteiger partial charge in [0, 0.05) is 19.5 Å². The van der Waals surface area contributed by atoms with Crippen LogP contribution in [0.3, 0.4) is 0 Å². The summed E-state index contributed by atoms with van der Waals surface area (Å²) in [6, 6.07) is 0. The first kappa shape index (κ1) is 8.49. The molecule has 0 amide bonds. The van der Waals surface area contributed by atoms with Gasteiger partial charge in [-0.15, -0.1) is 11.3 Å². The standard InChI is InChI=1S/C7H12N2OS/c1-5(10)6-4-11-7(8-6)9(2)3/h4-5,10H,1-3H3. The van der Waals surface area contributed by atoms with Crippen molar-refractivity contribution in [3.8, 4) is 0 Å². The van der Waals surface area contributed by atoms with E-state index in [4.69, 9.17) is 5.11 Å². The van der Waals surface area contributed by atoms with E-state index >= 15 is 0 Å². The molecule has 0 aliphatic carbocycles. The summed E-state index contributed by atoms with van der Waals surface area (Å²) in [5, 5.41) is 12.0. The second-order valence-electron chi connectivity index (χ2n) is 2.63. The van der Waals surface area contributed by atoms with Crippen molar-refractivity contribution < 1.29 is 5.11 Å². The molecule has 0 aliphatic rings. The molecule has 1 aromatic heterocycles. The molecule has 0 fully saturated rings. The molecule has 0 bridgehead atoms. The van der Waals surface area contributed by atoms with E-state index in [1.54, 1.807) is 18.3 Å². The van der Waals surface area contributed by atoms with Gasteiger partial charge in [0.25, 0.3) is 0 Å². The van der Waals surface area contributed by atoms with Crippen LogP contribution in [0, 0.1) is 0 Å². The van der Waals surface area contributed by atoms with Gasteiger partial charge in [0.2, 0.25) is 0 Å². The molecule has 0 aromatic carbocycles. The van der Waals surface area contributed by atoms with Gasteiger partial charge in [-0.3, -0.25) is 0 Å². The number of thiazole rings is 1. The average molecular weight is 172 g/mol. The van der Waals surface area contributed by atoms with Gasteiger partial charge < -0.3 is 10.0 Å². The highest BCUT2D eigenvalue weighted by atomic mass is 32.1. The molecule has 1 N–H and O–H groups in total. The number of hydrogen-bond donors (Lipinski definition) is 1. The number of rotatable bonds is 2. The Morgan fingerprint density at radius 1 is 1.64 bits per heavy atom. The lowest BCUT2D eigenvalue weighted by Crippen LogP contribution is -2.08. The van der Waals surface area contributed by atoms with Gasteiger partial charge in [0.05, 0.1) is 11.8 Å². The molecule has 1 aromatic rings. The monoisotopic (exact) mass is 172 g/mol. The largest absolute Gasteiger partial charge is 0.387 e. The quantitative estimate of drug-likeness (QED) is 0.729. The van der Waals surface area contributed by atoms with Crippen LogP contribution in [0.15, 0.2) is 5.38 Å². The van der Waals surface area contributed by atoms with E-state index in [0.29, 0.717) is 0 Å². The molecule has 1 atom stereocenters. The zero-order valence-corrected chi connectivity index (χ0v) is 7.72. The van der Waals surface area contributed by atoms with Gasteiger partial charge in [-0.2, -0.15) is 0 Å². The predicted molar refractivity (Wildman–Crippen MR) is 47.1 cm³/mol. The normalized spacial score (nSPS) is 13.1. The van der Waals surface area contributed by atoms with E-state index in [9.17, 15) is 0 Å². The topological polar surface area (TPSA) is 36.4 Å². The van der Waals surface area contributed by atoms with Crippen LogP contribution in [0.1, 0.15) is 18.7 Å². The second kappa shape index (κ2) is 3.19. The van der Waals surface area contributed by atoms with E-state index in [2.05, 4.69) is 4.98 Å². The van der Waals surface area contributed by atoms with Crippen LogP contribution in [0.4, 0.5) is 5.13 Å². The fraction of sp³-hybridized carbons (Fsp3) is 0.571. The number of aromatic nitrogens is 1. The van der Waals surface area contributed by atoms with Crippen molar-refractivity contribution in [3.05, 3.63) is 11.1 Å². The maximum Gasteiger partial charge on any atom is 0.185 e. The Balaban J connectivity index is 2.82. The number of aliphatic hydroxyl groups is 1. The van der Waals surface area contributed by atoms with Crippen molar-refractivity contribution in [3.63, 3.8) is 0 Å². The van der Waals surface area contributed by atoms with Crippen LogP contribution in [0.5, 0.6) is 0 Å². The maximum atomic E-state index is 9.14. The van der Waals surface area contributed by atoms with Crippen molar-refractivity contribution >= 4 is 16.5 Å². The molecular formula is C7H12N2OS. The Bertz CT molecular complexity index is 210. The molecular weight excluding hydrogens is 160 g/mol.